The van der Waals surface area contributed by atoms with Crippen molar-refractivity contribution in [2.24, 2.45) is 0 Å². The summed E-state index contributed by atoms with van der Waals surface area (Å²) < 4.78 is 47.6. The third-order valence-corrected chi connectivity index (χ3v) is 5.88. The number of likely N-dealkylation sites (tertiary alicyclic amines) is 1. The summed E-state index contributed by atoms with van der Waals surface area (Å²) in [5.41, 5.74) is 0.537. The Labute approximate surface area is 192 Å². The number of amides is 3. The van der Waals surface area contributed by atoms with Gasteiger partial charge in [-0.05, 0) is 25.0 Å². The zero-order valence-electron chi connectivity index (χ0n) is 18.1. The predicted molar refractivity (Wildman–Crippen MR) is 111 cm³/mol. The van der Waals surface area contributed by atoms with Gasteiger partial charge in [-0.3, -0.25) is 4.79 Å². The maximum Gasteiger partial charge on any atom is 0.471 e. The van der Waals surface area contributed by atoms with Crippen LogP contribution in [0.3, 0.4) is 0 Å². The molecule has 2 aliphatic heterocycles. The molecular weight excluding hydrogens is 459 g/mol. The summed E-state index contributed by atoms with van der Waals surface area (Å²) in [5, 5.41) is 15.6. The van der Waals surface area contributed by atoms with E-state index in [4.69, 9.17) is 4.74 Å². The van der Waals surface area contributed by atoms with Crippen LogP contribution in [0.4, 0.5) is 18.0 Å². The van der Waals surface area contributed by atoms with Gasteiger partial charge in [-0.2, -0.15) is 18.2 Å². The minimum absolute atomic E-state index is 0.0884. The quantitative estimate of drug-likeness (QED) is 0.665. The van der Waals surface area contributed by atoms with Gasteiger partial charge in [0.15, 0.2) is 0 Å². The molecule has 184 valence electrons. The number of nitrogens with one attached hydrogen (secondary N) is 1. The van der Waals surface area contributed by atoms with Crippen molar-refractivity contribution in [2.45, 2.75) is 31.1 Å². The average Bonchev–Trinajstić information content (AvgIpc) is 3.52. The fourth-order valence-electron chi connectivity index (χ4n) is 4.06. The standard InChI is InChI=1S/C21H24F3N5O5/c22-21(23,24)19-26-17(27-34-19)13-3-5-14(6-4-13)18(31)25-10-16-12-33-9-8-29(16)20(32)28-7-1-2-15(28)11-30/h3-6,15-16,30H,1-2,7-12H2,(H,25,31)/t15-,16-/m0/s1. The van der Waals surface area contributed by atoms with Gasteiger partial charge < -0.3 is 29.5 Å². The zero-order chi connectivity index (χ0) is 24.3. The van der Waals surface area contributed by atoms with E-state index >= 15 is 0 Å². The number of hydrogen-bond donors (Lipinski definition) is 2. The molecule has 2 saturated heterocycles. The average molecular weight is 483 g/mol. The van der Waals surface area contributed by atoms with Crippen LogP contribution in [0, 0.1) is 0 Å². The van der Waals surface area contributed by atoms with Gasteiger partial charge in [0.1, 0.15) is 0 Å². The molecule has 1 aromatic heterocycles. The number of benzene rings is 1. The highest BCUT2D eigenvalue weighted by atomic mass is 19.4. The molecule has 10 nitrogen and oxygen atoms in total. The lowest BCUT2D eigenvalue weighted by atomic mass is 10.1. The number of hydrogen-bond acceptors (Lipinski definition) is 7. The molecule has 2 N–H and O–H groups in total. The van der Waals surface area contributed by atoms with E-state index in [1.807, 2.05) is 0 Å². The van der Waals surface area contributed by atoms with Crippen LogP contribution in [-0.4, -0.2) is 88.5 Å². The molecule has 13 heteroatoms. The Morgan fingerprint density at radius 2 is 1.88 bits per heavy atom. The maximum atomic E-state index is 13.0. The van der Waals surface area contributed by atoms with Crippen LogP contribution in [0.15, 0.2) is 28.8 Å². The van der Waals surface area contributed by atoms with Crippen LogP contribution >= 0.6 is 0 Å². The van der Waals surface area contributed by atoms with Crippen molar-refractivity contribution in [1.82, 2.24) is 25.3 Å². The first kappa shape index (κ1) is 24.0. The van der Waals surface area contributed by atoms with Crippen molar-refractivity contribution < 1.29 is 37.1 Å². The van der Waals surface area contributed by atoms with Crippen molar-refractivity contribution in [2.75, 3.05) is 39.5 Å². The van der Waals surface area contributed by atoms with Gasteiger partial charge in [-0.15, -0.1) is 0 Å². The number of ether oxygens (including phenoxy) is 1. The Morgan fingerprint density at radius 1 is 1.15 bits per heavy atom. The second kappa shape index (κ2) is 9.97. The lowest BCUT2D eigenvalue weighted by Crippen LogP contribution is -2.58. The van der Waals surface area contributed by atoms with E-state index in [-0.39, 0.29) is 54.8 Å². The summed E-state index contributed by atoms with van der Waals surface area (Å²) in [6, 6.07) is 4.96. The number of halogens is 3. The smallest absolute Gasteiger partial charge is 0.394 e. The molecule has 1 aromatic carbocycles. The van der Waals surface area contributed by atoms with Crippen molar-refractivity contribution in [3.05, 3.63) is 35.7 Å². The molecule has 2 fully saturated rings. The second-order valence-corrected chi connectivity index (χ2v) is 8.08. The number of alkyl halides is 3. The largest absolute Gasteiger partial charge is 0.471 e. The highest BCUT2D eigenvalue weighted by molar-refractivity contribution is 5.94. The number of rotatable bonds is 5. The van der Waals surface area contributed by atoms with Crippen LogP contribution in [-0.2, 0) is 10.9 Å². The minimum Gasteiger partial charge on any atom is -0.394 e. The van der Waals surface area contributed by atoms with E-state index in [1.54, 1.807) is 9.80 Å². The number of carbonyl (C=O) groups is 2. The third kappa shape index (κ3) is 5.14. The van der Waals surface area contributed by atoms with Gasteiger partial charge >= 0.3 is 18.1 Å². The summed E-state index contributed by atoms with van der Waals surface area (Å²) >= 11 is 0. The molecule has 34 heavy (non-hydrogen) atoms. The Morgan fingerprint density at radius 3 is 2.56 bits per heavy atom. The molecule has 3 amide bonds. The van der Waals surface area contributed by atoms with Crippen molar-refractivity contribution in [3.8, 4) is 11.4 Å². The lowest BCUT2D eigenvalue weighted by Gasteiger charge is -2.39. The van der Waals surface area contributed by atoms with E-state index in [2.05, 4.69) is 20.0 Å². The maximum absolute atomic E-state index is 13.0. The Bertz CT molecular complexity index is 1010. The summed E-state index contributed by atoms with van der Waals surface area (Å²) in [6.07, 6.45) is -3.15. The number of aliphatic hydroxyl groups is 1. The molecule has 4 rings (SSSR count). The van der Waals surface area contributed by atoms with Gasteiger partial charge in [0.25, 0.3) is 5.91 Å². The molecule has 0 bridgehead atoms. The van der Waals surface area contributed by atoms with Crippen molar-refractivity contribution in [3.63, 3.8) is 0 Å². The summed E-state index contributed by atoms with van der Waals surface area (Å²) in [4.78, 5) is 32.3. The van der Waals surface area contributed by atoms with Gasteiger partial charge in [0.2, 0.25) is 5.82 Å². The van der Waals surface area contributed by atoms with Gasteiger partial charge in [-0.25, -0.2) is 4.79 Å². The molecule has 2 aromatic rings. The van der Waals surface area contributed by atoms with Crippen LogP contribution < -0.4 is 5.32 Å². The van der Waals surface area contributed by atoms with E-state index in [9.17, 15) is 27.9 Å². The van der Waals surface area contributed by atoms with Crippen molar-refractivity contribution in [1.29, 1.82) is 0 Å². The first-order valence-electron chi connectivity index (χ1n) is 10.8. The lowest BCUT2D eigenvalue weighted by molar-refractivity contribution is -0.159. The van der Waals surface area contributed by atoms with E-state index in [0.717, 1.165) is 12.8 Å². The molecule has 2 aliphatic rings. The minimum atomic E-state index is -4.74. The van der Waals surface area contributed by atoms with Crippen molar-refractivity contribution >= 4 is 11.9 Å². The van der Waals surface area contributed by atoms with Gasteiger partial charge in [-0.1, -0.05) is 17.3 Å². The monoisotopic (exact) mass is 483 g/mol. The molecule has 0 saturated carbocycles. The Kier molecular flexibility index (Phi) is 7.03. The number of carbonyl (C=O) groups excluding carboxylic acids is 2. The second-order valence-electron chi connectivity index (χ2n) is 8.08. The normalized spacial score (nSPS) is 21.1. The topological polar surface area (TPSA) is 121 Å². The molecule has 2 atom stereocenters. The van der Waals surface area contributed by atoms with E-state index < -0.39 is 18.0 Å². The Balaban J connectivity index is 1.36. The molecule has 3 heterocycles. The Hall–Kier alpha value is -3.19. The number of aromatic nitrogens is 2. The van der Waals surface area contributed by atoms with Gasteiger partial charge in [0.05, 0.1) is 31.9 Å². The summed E-state index contributed by atoms with van der Waals surface area (Å²) in [6.45, 7) is 1.69. The molecule has 0 radical (unpaired) electrons. The fraction of sp³-hybridized carbons (Fsp3) is 0.524. The zero-order valence-corrected chi connectivity index (χ0v) is 18.1. The molecule has 0 unspecified atom stereocenters. The number of nitrogens with zero attached hydrogens (tertiary/aromatic N) is 4. The van der Waals surface area contributed by atoms with Crippen LogP contribution in [0.2, 0.25) is 0 Å². The molecule has 0 aliphatic carbocycles. The highest BCUT2D eigenvalue weighted by Crippen LogP contribution is 2.29. The summed E-state index contributed by atoms with van der Waals surface area (Å²) in [5.74, 6) is -2.10. The number of morpholine rings is 1. The van der Waals surface area contributed by atoms with Gasteiger partial charge in [0, 0.05) is 30.8 Å². The summed E-state index contributed by atoms with van der Waals surface area (Å²) in [7, 11) is 0. The molecule has 0 spiro atoms. The predicted octanol–water partition coefficient (Wildman–Crippen LogP) is 1.76. The number of urea groups is 1. The molecular formula is C21H24F3N5O5. The SMILES string of the molecule is O=C(NC[C@H]1COCCN1C(=O)N1CCC[C@H]1CO)c1ccc(-c2noc(C(F)(F)F)n2)cc1. The van der Waals surface area contributed by atoms with E-state index in [1.165, 1.54) is 24.3 Å². The fourth-order valence-corrected chi connectivity index (χ4v) is 4.06. The first-order valence-corrected chi connectivity index (χ1v) is 10.8. The van der Waals surface area contributed by atoms with Crippen LogP contribution in [0.1, 0.15) is 29.1 Å². The number of aliphatic hydroxyl groups excluding tert-OH is 1. The van der Waals surface area contributed by atoms with Crippen LogP contribution in [0.25, 0.3) is 11.4 Å². The van der Waals surface area contributed by atoms with Crippen LogP contribution in [0.5, 0.6) is 0 Å². The highest BCUT2D eigenvalue weighted by Gasteiger charge is 2.39. The third-order valence-electron chi connectivity index (χ3n) is 5.88. The van der Waals surface area contributed by atoms with E-state index in [0.29, 0.717) is 19.7 Å². The first-order chi connectivity index (χ1) is 16.3.